The molecule has 0 spiro atoms. The average molecular weight is 244 g/mol. The van der Waals surface area contributed by atoms with Crippen molar-refractivity contribution in [2.75, 3.05) is 6.26 Å². The lowest BCUT2D eigenvalue weighted by atomic mass is 10.0. The summed E-state index contributed by atoms with van der Waals surface area (Å²) in [5.41, 5.74) is 1.31. The molecule has 1 radical (unpaired) electrons. The molecule has 0 unspecified atom stereocenters. The van der Waals surface area contributed by atoms with E-state index in [-0.39, 0.29) is 0 Å². The standard InChI is InChI=1S/C10H12BrS/c1-7(2)8-4-5-10(12-3)9(11)6-8/h4-6H,1-3H3. The molecular formula is C10H12BrS. The van der Waals surface area contributed by atoms with Gasteiger partial charge in [-0.25, -0.2) is 0 Å². The fraction of sp³-hybridized carbons (Fsp3) is 0.300. The molecule has 2 heteroatoms. The van der Waals surface area contributed by atoms with E-state index < -0.39 is 0 Å². The Morgan fingerprint density at radius 2 is 2.00 bits per heavy atom. The highest BCUT2D eigenvalue weighted by atomic mass is 79.9. The summed E-state index contributed by atoms with van der Waals surface area (Å²) >= 11 is 5.30. The Morgan fingerprint density at radius 3 is 2.42 bits per heavy atom. The molecule has 0 aromatic heterocycles. The van der Waals surface area contributed by atoms with E-state index in [1.807, 2.05) is 0 Å². The van der Waals surface area contributed by atoms with Crippen LogP contribution in [0, 0.1) is 5.92 Å². The topological polar surface area (TPSA) is 0 Å². The average Bonchev–Trinajstić information content (AvgIpc) is 2.04. The van der Waals surface area contributed by atoms with Crippen LogP contribution in [0.1, 0.15) is 19.4 Å². The first kappa shape index (κ1) is 10.1. The van der Waals surface area contributed by atoms with Crippen LogP contribution in [0.4, 0.5) is 0 Å². The van der Waals surface area contributed by atoms with Crippen LogP contribution in [-0.4, -0.2) is 6.26 Å². The Kier molecular flexibility index (Phi) is 3.66. The molecule has 0 aliphatic carbocycles. The molecule has 0 aliphatic rings. The van der Waals surface area contributed by atoms with E-state index in [1.165, 1.54) is 20.8 Å². The van der Waals surface area contributed by atoms with Gasteiger partial charge in [-0.15, -0.1) is 11.8 Å². The van der Waals surface area contributed by atoms with Crippen molar-refractivity contribution < 1.29 is 0 Å². The van der Waals surface area contributed by atoms with Crippen LogP contribution in [0.2, 0.25) is 0 Å². The molecule has 0 atom stereocenters. The lowest BCUT2D eigenvalue weighted by molar-refractivity contribution is 1.13. The summed E-state index contributed by atoms with van der Waals surface area (Å²) in [5, 5.41) is 0. The van der Waals surface area contributed by atoms with Gasteiger partial charge in [-0.3, -0.25) is 0 Å². The maximum Gasteiger partial charge on any atom is 0.0314 e. The predicted octanol–water partition coefficient (Wildman–Crippen LogP) is 4.13. The fourth-order valence-corrected chi connectivity index (χ4v) is 2.30. The van der Waals surface area contributed by atoms with E-state index >= 15 is 0 Å². The van der Waals surface area contributed by atoms with Crippen molar-refractivity contribution in [3.8, 4) is 0 Å². The molecule has 0 fully saturated rings. The Labute approximate surface area is 86.9 Å². The van der Waals surface area contributed by atoms with Gasteiger partial charge in [0.05, 0.1) is 0 Å². The largest absolute Gasteiger partial charge is 0.128 e. The van der Waals surface area contributed by atoms with Crippen molar-refractivity contribution >= 4 is 27.7 Å². The Bertz CT molecular complexity index is 269. The quantitative estimate of drug-likeness (QED) is 0.705. The fourth-order valence-electron chi connectivity index (χ4n) is 0.977. The molecule has 0 N–H and O–H groups in total. The minimum Gasteiger partial charge on any atom is -0.128 e. The van der Waals surface area contributed by atoms with Crippen LogP contribution in [-0.2, 0) is 0 Å². The number of benzene rings is 1. The Hall–Kier alpha value is 0.0500. The van der Waals surface area contributed by atoms with Crippen LogP contribution >= 0.6 is 27.7 Å². The highest BCUT2D eigenvalue weighted by molar-refractivity contribution is 9.10. The molecule has 12 heavy (non-hydrogen) atoms. The molecule has 65 valence electrons. The van der Waals surface area contributed by atoms with Crippen LogP contribution in [0.25, 0.3) is 0 Å². The third-order valence-electron chi connectivity index (χ3n) is 1.73. The van der Waals surface area contributed by atoms with Gasteiger partial charge in [0.1, 0.15) is 0 Å². The van der Waals surface area contributed by atoms with Gasteiger partial charge >= 0.3 is 0 Å². The SMILES string of the molecule is CSc1ccc([C](C)C)cc1Br. The number of hydrogen-bond acceptors (Lipinski definition) is 1. The van der Waals surface area contributed by atoms with Crippen molar-refractivity contribution in [1.82, 2.24) is 0 Å². The third-order valence-corrected chi connectivity index (χ3v) is 3.44. The summed E-state index contributed by atoms with van der Waals surface area (Å²) in [5.74, 6) is 1.35. The van der Waals surface area contributed by atoms with Crippen LogP contribution < -0.4 is 0 Å². The van der Waals surface area contributed by atoms with Crippen molar-refractivity contribution in [2.24, 2.45) is 0 Å². The minimum atomic E-state index is 1.19. The van der Waals surface area contributed by atoms with Gasteiger partial charge < -0.3 is 0 Å². The first-order valence-electron chi connectivity index (χ1n) is 3.79. The number of thioether (sulfide) groups is 1. The molecular weight excluding hydrogens is 232 g/mol. The molecule has 0 heterocycles. The van der Waals surface area contributed by atoms with Gasteiger partial charge in [-0.2, -0.15) is 0 Å². The van der Waals surface area contributed by atoms with E-state index in [0.29, 0.717) is 0 Å². The molecule has 0 amide bonds. The van der Waals surface area contributed by atoms with Gasteiger partial charge in [0.25, 0.3) is 0 Å². The van der Waals surface area contributed by atoms with Gasteiger partial charge in [0.2, 0.25) is 0 Å². The van der Waals surface area contributed by atoms with Crippen molar-refractivity contribution in [3.05, 3.63) is 34.2 Å². The monoisotopic (exact) mass is 243 g/mol. The molecule has 0 nitrogen and oxygen atoms in total. The zero-order valence-electron chi connectivity index (χ0n) is 7.52. The molecule has 0 saturated carbocycles. The number of rotatable bonds is 2. The van der Waals surface area contributed by atoms with Crippen LogP contribution in [0.15, 0.2) is 27.6 Å². The van der Waals surface area contributed by atoms with E-state index in [0.717, 1.165) is 0 Å². The van der Waals surface area contributed by atoms with Gasteiger partial charge in [0, 0.05) is 9.37 Å². The summed E-state index contributed by atoms with van der Waals surface area (Å²) in [7, 11) is 0. The van der Waals surface area contributed by atoms with E-state index in [1.54, 1.807) is 11.8 Å². The molecule has 1 aromatic carbocycles. The third kappa shape index (κ3) is 2.27. The highest BCUT2D eigenvalue weighted by Gasteiger charge is 2.02. The van der Waals surface area contributed by atoms with Crippen molar-refractivity contribution in [2.45, 2.75) is 18.7 Å². The number of hydrogen-bond donors (Lipinski definition) is 0. The Morgan fingerprint density at radius 1 is 1.33 bits per heavy atom. The van der Waals surface area contributed by atoms with Crippen LogP contribution in [0.5, 0.6) is 0 Å². The maximum absolute atomic E-state index is 3.54. The van der Waals surface area contributed by atoms with E-state index in [2.05, 4.69) is 54.2 Å². The Balaban J connectivity index is 3.02. The summed E-state index contributed by atoms with van der Waals surface area (Å²) in [6.07, 6.45) is 2.09. The van der Waals surface area contributed by atoms with Gasteiger partial charge in [-0.05, 0) is 45.8 Å². The first-order valence-corrected chi connectivity index (χ1v) is 5.81. The lowest BCUT2D eigenvalue weighted by Crippen LogP contribution is -1.88. The molecule has 0 saturated heterocycles. The molecule has 1 aromatic rings. The van der Waals surface area contributed by atoms with Gasteiger partial charge in [0.15, 0.2) is 0 Å². The van der Waals surface area contributed by atoms with Crippen molar-refractivity contribution in [1.29, 1.82) is 0 Å². The molecule has 0 aliphatic heterocycles. The number of halogens is 1. The zero-order chi connectivity index (χ0) is 9.14. The van der Waals surface area contributed by atoms with E-state index in [4.69, 9.17) is 0 Å². The predicted molar refractivity (Wildman–Crippen MR) is 59.6 cm³/mol. The van der Waals surface area contributed by atoms with Crippen molar-refractivity contribution in [3.63, 3.8) is 0 Å². The first-order chi connectivity index (χ1) is 5.65. The second kappa shape index (κ2) is 4.33. The second-order valence-electron chi connectivity index (χ2n) is 2.85. The second-order valence-corrected chi connectivity index (χ2v) is 4.55. The van der Waals surface area contributed by atoms with Gasteiger partial charge in [-0.1, -0.05) is 19.9 Å². The summed E-state index contributed by atoms with van der Waals surface area (Å²) in [6.45, 7) is 4.25. The molecule has 0 bridgehead atoms. The lowest BCUT2D eigenvalue weighted by Gasteiger charge is -2.07. The highest BCUT2D eigenvalue weighted by Crippen LogP contribution is 2.28. The molecule has 1 rings (SSSR count). The maximum atomic E-state index is 3.54. The van der Waals surface area contributed by atoms with E-state index in [9.17, 15) is 0 Å². The summed E-state index contributed by atoms with van der Waals surface area (Å²) < 4.78 is 1.19. The smallest absolute Gasteiger partial charge is 0.0314 e. The normalized spacial score (nSPS) is 10.8. The minimum absolute atomic E-state index is 1.19. The van der Waals surface area contributed by atoms with Crippen LogP contribution in [0.3, 0.4) is 0 Å². The summed E-state index contributed by atoms with van der Waals surface area (Å²) in [6, 6.07) is 6.48. The zero-order valence-corrected chi connectivity index (χ0v) is 9.92. The summed E-state index contributed by atoms with van der Waals surface area (Å²) in [4.78, 5) is 1.29.